The number of amides is 1. The molecule has 1 saturated carbocycles. The van der Waals surface area contributed by atoms with Crippen molar-refractivity contribution in [3.05, 3.63) is 42.6 Å². The van der Waals surface area contributed by atoms with Gasteiger partial charge in [-0.25, -0.2) is 9.97 Å². The van der Waals surface area contributed by atoms with Gasteiger partial charge >= 0.3 is 0 Å². The molecule has 3 unspecified atom stereocenters. The van der Waals surface area contributed by atoms with Crippen LogP contribution in [0.5, 0.6) is 0 Å². The molecule has 1 aliphatic carbocycles. The van der Waals surface area contributed by atoms with Crippen molar-refractivity contribution in [2.45, 2.75) is 83.6 Å². The molecule has 0 bridgehead atoms. The Hall–Kier alpha value is -2.21. The summed E-state index contributed by atoms with van der Waals surface area (Å²) < 4.78 is 1.84. The lowest BCUT2D eigenvalue weighted by molar-refractivity contribution is 0.0852. The van der Waals surface area contributed by atoms with Gasteiger partial charge in [-0.2, -0.15) is 0 Å². The normalized spacial score (nSPS) is 24.0. The highest BCUT2D eigenvalue weighted by molar-refractivity contribution is 5.94. The van der Waals surface area contributed by atoms with Gasteiger partial charge < -0.3 is 10.2 Å². The van der Waals surface area contributed by atoms with E-state index in [-0.39, 0.29) is 11.9 Å². The molecule has 1 N–H and O–H groups in total. The van der Waals surface area contributed by atoms with E-state index >= 15 is 0 Å². The number of pyridine rings is 1. The Morgan fingerprint density at radius 3 is 2.82 bits per heavy atom. The van der Waals surface area contributed by atoms with Gasteiger partial charge in [0.25, 0.3) is 5.91 Å². The standard InChI is InChI=1S/C27H41N5O/c1-2-3-4-5-9-22-10-8-16-31(19-22)20-24-11-6-7-12-25(24)30-27(33)23-13-14-26(29-18-23)32-17-15-28-21-32/h13-15,17-18,21-22,24-25H,2-12,16,19-20H2,1H3,(H,30,33). The fraction of sp³-hybridized carbons (Fsp3) is 0.667. The molecule has 2 aliphatic rings. The maximum atomic E-state index is 13.0. The van der Waals surface area contributed by atoms with Crippen molar-refractivity contribution in [1.82, 2.24) is 24.8 Å². The second-order valence-electron chi connectivity index (χ2n) is 10.1. The smallest absolute Gasteiger partial charge is 0.253 e. The van der Waals surface area contributed by atoms with Gasteiger partial charge in [0.05, 0.1) is 5.56 Å². The summed E-state index contributed by atoms with van der Waals surface area (Å²) >= 11 is 0. The molecule has 3 atom stereocenters. The van der Waals surface area contributed by atoms with E-state index in [0.717, 1.165) is 24.7 Å². The van der Waals surface area contributed by atoms with Crippen molar-refractivity contribution >= 4 is 5.91 Å². The van der Waals surface area contributed by atoms with E-state index in [0.29, 0.717) is 11.5 Å². The molecular weight excluding hydrogens is 410 g/mol. The molecule has 33 heavy (non-hydrogen) atoms. The summed E-state index contributed by atoms with van der Waals surface area (Å²) in [6, 6.07) is 4.01. The lowest BCUT2D eigenvalue weighted by atomic mass is 9.83. The predicted octanol–water partition coefficient (Wildman–Crippen LogP) is 5.24. The van der Waals surface area contributed by atoms with Crippen LogP contribution in [0, 0.1) is 11.8 Å². The Labute approximate surface area is 199 Å². The van der Waals surface area contributed by atoms with Crippen molar-refractivity contribution in [1.29, 1.82) is 0 Å². The number of rotatable bonds is 10. The van der Waals surface area contributed by atoms with Gasteiger partial charge in [-0.15, -0.1) is 0 Å². The van der Waals surface area contributed by atoms with Crippen LogP contribution in [0.2, 0.25) is 0 Å². The molecule has 1 amide bonds. The zero-order chi connectivity index (χ0) is 22.9. The molecule has 4 rings (SSSR count). The van der Waals surface area contributed by atoms with E-state index in [9.17, 15) is 4.79 Å². The van der Waals surface area contributed by atoms with Gasteiger partial charge in [-0.3, -0.25) is 9.36 Å². The maximum Gasteiger partial charge on any atom is 0.253 e. The molecular formula is C27H41N5O. The van der Waals surface area contributed by atoms with Crippen LogP contribution in [-0.4, -0.2) is 51.0 Å². The third-order valence-electron chi connectivity index (χ3n) is 7.57. The molecule has 6 nitrogen and oxygen atoms in total. The number of piperidine rings is 1. The molecule has 2 aromatic heterocycles. The molecule has 1 saturated heterocycles. The first-order valence-corrected chi connectivity index (χ1v) is 13.2. The van der Waals surface area contributed by atoms with E-state index in [4.69, 9.17) is 0 Å². The number of nitrogens with zero attached hydrogens (tertiary/aromatic N) is 4. The Morgan fingerprint density at radius 2 is 2.03 bits per heavy atom. The molecule has 0 aromatic carbocycles. The Morgan fingerprint density at radius 1 is 1.12 bits per heavy atom. The van der Waals surface area contributed by atoms with E-state index in [2.05, 4.69) is 27.1 Å². The summed E-state index contributed by atoms with van der Waals surface area (Å²) in [5.41, 5.74) is 0.633. The van der Waals surface area contributed by atoms with Crippen LogP contribution in [-0.2, 0) is 0 Å². The quantitative estimate of drug-likeness (QED) is 0.502. The summed E-state index contributed by atoms with van der Waals surface area (Å²) in [5.74, 6) is 2.20. The number of hydrogen-bond acceptors (Lipinski definition) is 4. The van der Waals surface area contributed by atoms with E-state index in [1.807, 2.05) is 22.9 Å². The minimum atomic E-state index is 0.00373. The van der Waals surface area contributed by atoms with E-state index in [1.165, 1.54) is 77.3 Å². The van der Waals surface area contributed by atoms with Crippen molar-refractivity contribution in [3.8, 4) is 5.82 Å². The number of unbranched alkanes of at least 4 members (excludes halogenated alkanes) is 3. The van der Waals surface area contributed by atoms with Crippen LogP contribution < -0.4 is 5.32 Å². The lowest BCUT2D eigenvalue weighted by Crippen LogP contribution is -2.48. The third-order valence-corrected chi connectivity index (χ3v) is 7.57. The van der Waals surface area contributed by atoms with Crippen LogP contribution in [0.1, 0.15) is 87.9 Å². The highest BCUT2D eigenvalue weighted by atomic mass is 16.1. The number of carbonyl (C=O) groups excluding carboxylic acids is 1. The number of carbonyl (C=O) groups is 1. The first kappa shape index (κ1) is 23.9. The lowest BCUT2D eigenvalue weighted by Gasteiger charge is -2.39. The van der Waals surface area contributed by atoms with Gasteiger partial charge in [0.1, 0.15) is 12.1 Å². The second kappa shape index (κ2) is 12.3. The maximum absolute atomic E-state index is 13.0. The van der Waals surface area contributed by atoms with Crippen molar-refractivity contribution in [3.63, 3.8) is 0 Å². The topological polar surface area (TPSA) is 63.1 Å². The van der Waals surface area contributed by atoms with Gasteiger partial charge in [-0.1, -0.05) is 45.4 Å². The Balaban J connectivity index is 1.29. The SMILES string of the molecule is CCCCCCC1CCCN(CC2CCCCC2NC(=O)c2ccc(-n3ccnc3)nc2)C1. The zero-order valence-electron chi connectivity index (χ0n) is 20.3. The first-order chi connectivity index (χ1) is 16.2. The minimum absolute atomic E-state index is 0.00373. The number of nitrogens with one attached hydrogen (secondary N) is 1. The fourth-order valence-corrected chi connectivity index (χ4v) is 5.68. The molecule has 1 aliphatic heterocycles. The third kappa shape index (κ3) is 6.89. The zero-order valence-corrected chi connectivity index (χ0v) is 20.3. The number of hydrogen-bond donors (Lipinski definition) is 1. The first-order valence-electron chi connectivity index (χ1n) is 13.2. The fourth-order valence-electron chi connectivity index (χ4n) is 5.68. The molecule has 0 radical (unpaired) electrons. The summed E-state index contributed by atoms with van der Waals surface area (Å²) in [7, 11) is 0. The van der Waals surface area contributed by atoms with Crippen molar-refractivity contribution in [2.24, 2.45) is 11.8 Å². The molecule has 3 heterocycles. The Bertz CT molecular complexity index is 835. The minimum Gasteiger partial charge on any atom is -0.349 e. The summed E-state index contributed by atoms with van der Waals surface area (Å²) in [5, 5.41) is 3.36. The van der Waals surface area contributed by atoms with Crippen LogP contribution >= 0.6 is 0 Å². The van der Waals surface area contributed by atoms with Gasteiger partial charge in [-0.05, 0) is 62.6 Å². The Kier molecular flexibility index (Phi) is 8.93. The molecule has 2 fully saturated rings. The van der Waals surface area contributed by atoms with Crippen LogP contribution in [0.15, 0.2) is 37.1 Å². The van der Waals surface area contributed by atoms with Crippen molar-refractivity contribution in [2.75, 3.05) is 19.6 Å². The van der Waals surface area contributed by atoms with Gasteiger partial charge in [0.15, 0.2) is 0 Å². The van der Waals surface area contributed by atoms with Gasteiger partial charge in [0, 0.05) is 37.7 Å². The average molecular weight is 452 g/mol. The summed E-state index contributed by atoms with van der Waals surface area (Å²) in [6.07, 6.45) is 21.4. The molecule has 6 heteroatoms. The number of imidazole rings is 1. The summed E-state index contributed by atoms with van der Waals surface area (Å²) in [6.45, 7) is 5.90. The summed E-state index contributed by atoms with van der Waals surface area (Å²) in [4.78, 5) is 24.2. The molecule has 180 valence electrons. The highest BCUT2D eigenvalue weighted by Crippen LogP contribution is 2.29. The molecule has 2 aromatic rings. The van der Waals surface area contributed by atoms with E-state index in [1.54, 1.807) is 18.7 Å². The highest BCUT2D eigenvalue weighted by Gasteiger charge is 2.30. The van der Waals surface area contributed by atoms with Crippen molar-refractivity contribution < 1.29 is 4.79 Å². The van der Waals surface area contributed by atoms with Gasteiger partial charge in [0.2, 0.25) is 0 Å². The second-order valence-corrected chi connectivity index (χ2v) is 10.1. The number of likely N-dealkylation sites (tertiary alicyclic amines) is 1. The van der Waals surface area contributed by atoms with E-state index < -0.39 is 0 Å². The number of aromatic nitrogens is 3. The van der Waals surface area contributed by atoms with Crippen LogP contribution in [0.3, 0.4) is 0 Å². The molecule has 0 spiro atoms. The average Bonchev–Trinajstić information content (AvgIpc) is 3.39. The largest absolute Gasteiger partial charge is 0.349 e. The van der Waals surface area contributed by atoms with Crippen LogP contribution in [0.25, 0.3) is 5.82 Å². The predicted molar refractivity (Wildman–Crippen MR) is 132 cm³/mol. The monoisotopic (exact) mass is 451 g/mol. The van der Waals surface area contributed by atoms with Crippen LogP contribution in [0.4, 0.5) is 0 Å².